The zero-order chi connectivity index (χ0) is 12.9. The largest absolute Gasteiger partial charge is 0.342 e. The molecule has 0 N–H and O–H groups in total. The molecule has 0 fully saturated rings. The van der Waals surface area contributed by atoms with Gasteiger partial charge in [-0.2, -0.15) is 0 Å². The van der Waals surface area contributed by atoms with Crippen LogP contribution in [0.25, 0.3) is 21.9 Å². The van der Waals surface area contributed by atoms with E-state index in [4.69, 9.17) is 0 Å². The normalized spacial score (nSPS) is 12.4. The van der Waals surface area contributed by atoms with Crippen molar-refractivity contribution in [2.24, 2.45) is 7.05 Å². The van der Waals surface area contributed by atoms with Crippen molar-refractivity contribution in [1.29, 1.82) is 0 Å². The van der Waals surface area contributed by atoms with Crippen LogP contribution < -0.4 is 0 Å². The molecule has 0 unspecified atom stereocenters. The monoisotopic (exact) mass is 238 g/mol. The fraction of sp³-hybridized carbons (Fsp3) is 0.312. The van der Waals surface area contributed by atoms with Crippen molar-refractivity contribution in [1.82, 2.24) is 9.55 Å². The Morgan fingerprint density at radius 2 is 1.78 bits per heavy atom. The number of benzene rings is 1. The van der Waals surface area contributed by atoms with Crippen molar-refractivity contribution in [3.05, 3.63) is 42.1 Å². The van der Waals surface area contributed by atoms with Gasteiger partial charge in [-0.15, -0.1) is 0 Å². The summed E-state index contributed by atoms with van der Waals surface area (Å²) >= 11 is 0. The second-order valence-electron chi connectivity index (χ2n) is 5.92. The number of hydrogen-bond acceptors (Lipinski definition) is 1. The van der Waals surface area contributed by atoms with Crippen molar-refractivity contribution in [2.45, 2.75) is 26.2 Å². The Bertz CT molecular complexity index is 730. The van der Waals surface area contributed by atoms with Crippen LogP contribution in [-0.2, 0) is 12.5 Å². The number of pyridine rings is 1. The zero-order valence-electron chi connectivity index (χ0n) is 11.4. The molecule has 0 saturated heterocycles. The topological polar surface area (TPSA) is 17.8 Å². The molecule has 0 aliphatic heterocycles. The molecule has 0 saturated carbocycles. The zero-order valence-corrected chi connectivity index (χ0v) is 11.4. The summed E-state index contributed by atoms with van der Waals surface area (Å²) in [6, 6.07) is 10.7. The molecular weight excluding hydrogens is 220 g/mol. The van der Waals surface area contributed by atoms with Crippen LogP contribution in [-0.4, -0.2) is 9.55 Å². The highest BCUT2D eigenvalue weighted by atomic mass is 15.0. The SMILES string of the molecule is Cn1c2ccccc2c2ncc(C(C)(C)C)cc21. The van der Waals surface area contributed by atoms with Crippen molar-refractivity contribution < 1.29 is 0 Å². The summed E-state index contributed by atoms with van der Waals surface area (Å²) in [7, 11) is 2.11. The number of aryl methyl sites for hydroxylation is 1. The molecule has 2 nitrogen and oxygen atoms in total. The lowest BCUT2D eigenvalue weighted by Crippen LogP contribution is -2.11. The number of fused-ring (bicyclic) bond motifs is 3. The Balaban J connectivity index is 2.42. The van der Waals surface area contributed by atoms with E-state index in [9.17, 15) is 0 Å². The van der Waals surface area contributed by atoms with E-state index in [1.807, 2.05) is 6.20 Å². The van der Waals surface area contributed by atoms with E-state index in [-0.39, 0.29) is 5.41 Å². The minimum Gasteiger partial charge on any atom is -0.342 e. The van der Waals surface area contributed by atoms with Crippen LogP contribution in [0, 0.1) is 0 Å². The Morgan fingerprint density at radius 3 is 2.50 bits per heavy atom. The summed E-state index contributed by atoms with van der Waals surface area (Å²) in [5.41, 5.74) is 4.97. The van der Waals surface area contributed by atoms with E-state index in [0.29, 0.717) is 0 Å². The summed E-state index contributed by atoms with van der Waals surface area (Å²) in [5.74, 6) is 0. The molecular formula is C16H18N2. The molecule has 92 valence electrons. The molecule has 0 atom stereocenters. The predicted molar refractivity (Wildman–Crippen MR) is 76.9 cm³/mol. The molecule has 0 aliphatic rings. The van der Waals surface area contributed by atoms with Gasteiger partial charge in [-0.3, -0.25) is 4.98 Å². The van der Waals surface area contributed by atoms with Crippen LogP contribution in [0.15, 0.2) is 36.5 Å². The van der Waals surface area contributed by atoms with Gasteiger partial charge >= 0.3 is 0 Å². The lowest BCUT2D eigenvalue weighted by molar-refractivity contribution is 0.588. The van der Waals surface area contributed by atoms with Gasteiger partial charge in [0.1, 0.15) is 0 Å². The van der Waals surface area contributed by atoms with Crippen LogP contribution in [0.2, 0.25) is 0 Å². The first-order chi connectivity index (χ1) is 8.48. The van der Waals surface area contributed by atoms with Crippen molar-refractivity contribution in [3.63, 3.8) is 0 Å². The molecule has 3 aromatic rings. The molecule has 0 bridgehead atoms. The van der Waals surface area contributed by atoms with E-state index < -0.39 is 0 Å². The van der Waals surface area contributed by atoms with Gasteiger partial charge in [-0.25, -0.2) is 0 Å². The maximum Gasteiger partial charge on any atom is 0.0959 e. The average Bonchev–Trinajstić information content (AvgIpc) is 2.63. The van der Waals surface area contributed by atoms with Crippen LogP contribution >= 0.6 is 0 Å². The molecule has 0 amide bonds. The van der Waals surface area contributed by atoms with Gasteiger partial charge in [0.2, 0.25) is 0 Å². The summed E-state index contributed by atoms with van der Waals surface area (Å²) in [6.45, 7) is 6.66. The van der Waals surface area contributed by atoms with E-state index in [2.05, 4.69) is 67.7 Å². The Labute approximate surface area is 107 Å². The summed E-state index contributed by atoms with van der Waals surface area (Å²) in [6.07, 6.45) is 2.01. The van der Waals surface area contributed by atoms with Gasteiger partial charge in [-0.05, 0) is 23.1 Å². The molecule has 3 rings (SSSR count). The summed E-state index contributed by atoms with van der Waals surface area (Å²) < 4.78 is 2.23. The third-order valence-electron chi connectivity index (χ3n) is 3.62. The second-order valence-corrected chi connectivity index (χ2v) is 5.92. The molecule has 1 aromatic carbocycles. The van der Waals surface area contributed by atoms with Crippen LogP contribution in [0.1, 0.15) is 26.3 Å². The van der Waals surface area contributed by atoms with Gasteiger partial charge in [-0.1, -0.05) is 39.0 Å². The quantitative estimate of drug-likeness (QED) is 0.578. The van der Waals surface area contributed by atoms with Crippen molar-refractivity contribution in [2.75, 3.05) is 0 Å². The molecule has 2 heterocycles. The lowest BCUT2D eigenvalue weighted by Gasteiger charge is -2.18. The first kappa shape index (κ1) is 11.3. The van der Waals surface area contributed by atoms with Crippen molar-refractivity contribution in [3.8, 4) is 0 Å². The second kappa shape index (κ2) is 3.58. The maximum absolute atomic E-state index is 4.68. The predicted octanol–water partition coefficient (Wildman–Crippen LogP) is 4.02. The van der Waals surface area contributed by atoms with Crippen LogP contribution in [0.5, 0.6) is 0 Å². The fourth-order valence-corrected chi connectivity index (χ4v) is 2.42. The molecule has 2 aromatic heterocycles. The van der Waals surface area contributed by atoms with Gasteiger partial charge in [0, 0.05) is 18.6 Å². The highest BCUT2D eigenvalue weighted by molar-refractivity contribution is 6.05. The smallest absolute Gasteiger partial charge is 0.0959 e. The van der Waals surface area contributed by atoms with E-state index in [1.165, 1.54) is 22.0 Å². The van der Waals surface area contributed by atoms with E-state index >= 15 is 0 Å². The van der Waals surface area contributed by atoms with Crippen LogP contribution in [0.4, 0.5) is 0 Å². The molecule has 18 heavy (non-hydrogen) atoms. The highest BCUT2D eigenvalue weighted by Crippen LogP contribution is 2.30. The summed E-state index contributed by atoms with van der Waals surface area (Å²) in [5, 5.41) is 1.23. The third kappa shape index (κ3) is 1.52. The number of aromatic nitrogens is 2. The highest BCUT2D eigenvalue weighted by Gasteiger charge is 2.16. The molecule has 0 spiro atoms. The Kier molecular flexibility index (Phi) is 2.24. The number of rotatable bonds is 0. The standard InChI is InChI=1S/C16H18N2/c1-16(2,3)11-9-14-15(17-10-11)12-7-5-6-8-13(12)18(14)4/h5-10H,1-4H3. The van der Waals surface area contributed by atoms with Gasteiger partial charge in [0.05, 0.1) is 16.6 Å². The van der Waals surface area contributed by atoms with E-state index in [1.54, 1.807) is 0 Å². The van der Waals surface area contributed by atoms with Crippen molar-refractivity contribution >= 4 is 21.9 Å². The number of nitrogens with zero attached hydrogens (tertiary/aromatic N) is 2. The third-order valence-corrected chi connectivity index (χ3v) is 3.62. The number of para-hydroxylation sites is 1. The van der Waals surface area contributed by atoms with Gasteiger partial charge in [0.25, 0.3) is 0 Å². The Hall–Kier alpha value is -1.83. The molecule has 0 radical (unpaired) electrons. The molecule has 2 heteroatoms. The Morgan fingerprint density at radius 1 is 1.06 bits per heavy atom. The minimum atomic E-state index is 0.137. The first-order valence-corrected chi connectivity index (χ1v) is 6.32. The van der Waals surface area contributed by atoms with Gasteiger partial charge < -0.3 is 4.57 Å². The van der Waals surface area contributed by atoms with E-state index in [0.717, 1.165) is 5.52 Å². The fourth-order valence-electron chi connectivity index (χ4n) is 2.42. The lowest BCUT2D eigenvalue weighted by atomic mass is 9.88. The molecule has 0 aliphatic carbocycles. The number of hydrogen-bond donors (Lipinski definition) is 0. The summed E-state index contributed by atoms with van der Waals surface area (Å²) in [4.78, 5) is 4.68. The average molecular weight is 238 g/mol. The minimum absolute atomic E-state index is 0.137. The van der Waals surface area contributed by atoms with Crippen LogP contribution in [0.3, 0.4) is 0 Å². The first-order valence-electron chi connectivity index (χ1n) is 6.32. The maximum atomic E-state index is 4.68. The van der Waals surface area contributed by atoms with Gasteiger partial charge in [0.15, 0.2) is 0 Å².